The fourth-order valence-electron chi connectivity index (χ4n) is 3.40. The van der Waals surface area contributed by atoms with Gasteiger partial charge >= 0.3 is 6.18 Å². The number of H-pyrrole nitrogens is 1. The van der Waals surface area contributed by atoms with Crippen molar-refractivity contribution >= 4 is 16.8 Å². The van der Waals surface area contributed by atoms with E-state index in [1.165, 1.54) is 18.3 Å². The largest absolute Gasteiger partial charge is 0.391 e. The molecule has 1 fully saturated rings. The number of aromatic nitrogens is 2. The molecule has 1 aliphatic carbocycles. The lowest BCUT2D eigenvalue weighted by atomic mass is 9.79. The molecule has 0 spiro atoms. The summed E-state index contributed by atoms with van der Waals surface area (Å²) >= 11 is 0. The molecule has 5 nitrogen and oxygen atoms in total. The first-order valence-corrected chi connectivity index (χ1v) is 7.66. The number of rotatable bonds is 2. The summed E-state index contributed by atoms with van der Waals surface area (Å²) in [5, 5.41) is 0.0666. The first kappa shape index (κ1) is 16.5. The number of nitrogens with zero attached hydrogens (tertiary/aromatic N) is 1. The lowest BCUT2D eigenvalue weighted by molar-refractivity contribution is -0.183. The van der Waals surface area contributed by atoms with Gasteiger partial charge in [0.05, 0.1) is 16.8 Å². The number of fused-ring (bicyclic) bond motifs is 1. The molecule has 1 aliphatic rings. The van der Waals surface area contributed by atoms with Crippen LogP contribution in [0.1, 0.15) is 47.8 Å². The zero-order chi connectivity index (χ0) is 17.5. The average molecular weight is 339 g/mol. The molecular formula is C16H16F3N3O2. The molecule has 0 radical (unpaired) electrons. The van der Waals surface area contributed by atoms with Crippen molar-refractivity contribution in [3.8, 4) is 0 Å². The van der Waals surface area contributed by atoms with Crippen LogP contribution in [0.4, 0.5) is 13.2 Å². The lowest BCUT2D eigenvalue weighted by Gasteiger charge is -2.30. The van der Waals surface area contributed by atoms with Gasteiger partial charge in [-0.25, -0.2) is 0 Å². The number of pyridine rings is 2. The van der Waals surface area contributed by atoms with Crippen LogP contribution in [0.2, 0.25) is 0 Å². The van der Waals surface area contributed by atoms with E-state index in [1.807, 2.05) is 0 Å². The van der Waals surface area contributed by atoms with Crippen molar-refractivity contribution in [3.63, 3.8) is 0 Å². The summed E-state index contributed by atoms with van der Waals surface area (Å²) in [5.74, 6) is -2.55. The summed E-state index contributed by atoms with van der Waals surface area (Å²) in [7, 11) is 0. The summed E-state index contributed by atoms with van der Waals surface area (Å²) in [4.78, 5) is 30.5. The van der Waals surface area contributed by atoms with Crippen LogP contribution in [-0.2, 0) is 0 Å². The van der Waals surface area contributed by atoms with Gasteiger partial charge in [-0.1, -0.05) is 6.42 Å². The van der Waals surface area contributed by atoms with E-state index >= 15 is 0 Å². The molecule has 0 aromatic carbocycles. The highest BCUT2D eigenvalue weighted by molar-refractivity contribution is 6.03. The highest BCUT2D eigenvalue weighted by atomic mass is 19.4. The zero-order valence-electron chi connectivity index (χ0n) is 12.7. The Balaban J connectivity index is 2.02. The predicted molar refractivity (Wildman–Crippen MR) is 81.6 cm³/mol. The third kappa shape index (κ3) is 3.00. The highest BCUT2D eigenvalue weighted by Crippen LogP contribution is 2.43. The second-order valence-corrected chi connectivity index (χ2v) is 6.14. The zero-order valence-corrected chi connectivity index (χ0v) is 12.7. The number of hydrogen-bond acceptors (Lipinski definition) is 3. The molecule has 2 aromatic rings. The van der Waals surface area contributed by atoms with Crippen molar-refractivity contribution in [1.29, 1.82) is 0 Å². The first-order valence-electron chi connectivity index (χ1n) is 7.66. The summed E-state index contributed by atoms with van der Waals surface area (Å²) in [6.07, 6.45) is -1.77. The minimum absolute atomic E-state index is 0.0429. The Kier molecular flexibility index (Phi) is 4.06. The number of nitrogens with one attached hydrogen (secondary N) is 1. The van der Waals surface area contributed by atoms with Gasteiger partial charge in [-0.15, -0.1) is 0 Å². The molecule has 2 atom stereocenters. The van der Waals surface area contributed by atoms with E-state index in [4.69, 9.17) is 5.73 Å². The van der Waals surface area contributed by atoms with E-state index in [0.717, 1.165) is 0 Å². The molecule has 2 heterocycles. The number of carbonyl (C=O) groups excluding carboxylic acids is 1. The quantitative estimate of drug-likeness (QED) is 0.882. The highest BCUT2D eigenvalue weighted by Gasteiger charge is 2.42. The van der Waals surface area contributed by atoms with Crippen molar-refractivity contribution in [2.45, 2.75) is 37.8 Å². The van der Waals surface area contributed by atoms with Gasteiger partial charge in [-0.3, -0.25) is 14.6 Å². The van der Waals surface area contributed by atoms with E-state index in [2.05, 4.69) is 9.97 Å². The third-order valence-electron chi connectivity index (χ3n) is 4.57. The minimum atomic E-state index is -4.22. The van der Waals surface area contributed by atoms with Crippen molar-refractivity contribution in [2.75, 3.05) is 0 Å². The molecule has 2 aromatic heterocycles. The van der Waals surface area contributed by atoms with Crippen LogP contribution in [0.25, 0.3) is 10.9 Å². The van der Waals surface area contributed by atoms with Crippen molar-refractivity contribution in [3.05, 3.63) is 39.9 Å². The average Bonchev–Trinajstić information content (AvgIpc) is 2.53. The molecule has 8 heteroatoms. The second-order valence-electron chi connectivity index (χ2n) is 6.14. The number of hydrogen-bond donors (Lipinski definition) is 2. The predicted octanol–water partition coefficient (Wildman–Crippen LogP) is 2.86. The van der Waals surface area contributed by atoms with Gasteiger partial charge in [0.25, 0.3) is 5.91 Å². The molecule has 1 amide bonds. The normalized spacial score (nSPS) is 21.8. The number of carbonyl (C=O) groups is 1. The van der Waals surface area contributed by atoms with E-state index in [0.29, 0.717) is 24.1 Å². The minimum Gasteiger partial charge on any atom is -0.364 e. The van der Waals surface area contributed by atoms with Gasteiger partial charge in [0.1, 0.15) is 5.69 Å². The Morgan fingerprint density at radius 1 is 1.33 bits per heavy atom. The van der Waals surface area contributed by atoms with Crippen molar-refractivity contribution in [1.82, 2.24) is 9.97 Å². The monoisotopic (exact) mass is 339 g/mol. The molecule has 1 saturated carbocycles. The fourth-order valence-corrected chi connectivity index (χ4v) is 3.40. The number of nitrogens with two attached hydrogens (primary N) is 1. The SMILES string of the molecule is NC(=O)c1nccc2[nH]c(C3CCCC(C(F)(F)F)C3)cc(=O)c12. The Bertz CT molecular complexity index is 845. The van der Waals surface area contributed by atoms with Crippen molar-refractivity contribution in [2.24, 2.45) is 11.7 Å². The molecule has 3 rings (SSSR count). The molecule has 0 saturated heterocycles. The van der Waals surface area contributed by atoms with E-state index < -0.39 is 23.4 Å². The van der Waals surface area contributed by atoms with Gasteiger partial charge in [0.2, 0.25) is 0 Å². The summed E-state index contributed by atoms with van der Waals surface area (Å²) in [5.41, 5.74) is 5.43. The van der Waals surface area contributed by atoms with Gasteiger partial charge < -0.3 is 10.7 Å². The van der Waals surface area contributed by atoms with Crippen LogP contribution in [-0.4, -0.2) is 22.1 Å². The van der Waals surface area contributed by atoms with Gasteiger partial charge in [0.15, 0.2) is 5.43 Å². The topological polar surface area (TPSA) is 88.8 Å². The number of primary amides is 1. The van der Waals surface area contributed by atoms with E-state index in [1.54, 1.807) is 0 Å². The summed E-state index contributed by atoms with van der Waals surface area (Å²) in [6, 6.07) is 2.77. The Morgan fingerprint density at radius 2 is 2.08 bits per heavy atom. The van der Waals surface area contributed by atoms with Gasteiger partial charge in [0, 0.05) is 18.0 Å². The van der Waals surface area contributed by atoms with E-state index in [9.17, 15) is 22.8 Å². The number of alkyl halides is 3. The Morgan fingerprint density at radius 3 is 2.75 bits per heavy atom. The molecule has 2 unspecified atom stereocenters. The molecule has 0 bridgehead atoms. The van der Waals surface area contributed by atoms with Crippen LogP contribution >= 0.6 is 0 Å². The molecular weight excluding hydrogens is 323 g/mol. The van der Waals surface area contributed by atoms with Gasteiger partial charge in [-0.05, 0) is 31.2 Å². The Labute approximate surface area is 135 Å². The maximum Gasteiger partial charge on any atom is 0.391 e. The van der Waals surface area contributed by atoms with E-state index in [-0.39, 0.29) is 29.8 Å². The Hall–Kier alpha value is -2.38. The first-order chi connectivity index (χ1) is 11.3. The van der Waals surface area contributed by atoms with Crippen LogP contribution < -0.4 is 11.2 Å². The number of amides is 1. The number of aromatic amines is 1. The molecule has 3 N–H and O–H groups in total. The summed E-state index contributed by atoms with van der Waals surface area (Å²) < 4.78 is 38.9. The lowest BCUT2D eigenvalue weighted by Crippen LogP contribution is -2.28. The fraction of sp³-hybridized carbons (Fsp3) is 0.438. The maximum absolute atomic E-state index is 13.0. The van der Waals surface area contributed by atoms with Crippen LogP contribution in [0.15, 0.2) is 23.1 Å². The van der Waals surface area contributed by atoms with Gasteiger partial charge in [-0.2, -0.15) is 13.2 Å². The second kappa shape index (κ2) is 5.92. The van der Waals surface area contributed by atoms with Crippen molar-refractivity contribution < 1.29 is 18.0 Å². The standard InChI is InChI=1S/C16H16F3N3O2/c17-16(18,19)9-3-1-2-8(6-9)11-7-12(23)13-10(22-11)4-5-21-14(13)15(20)24/h4-5,7-9H,1-3,6H2,(H2,20,24)(H,22,23). The van der Waals surface area contributed by atoms with Crippen LogP contribution in [0.5, 0.6) is 0 Å². The van der Waals surface area contributed by atoms with Crippen LogP contribution in [0.3, 0.4) is 0 Å². The maximum atomic E-state index is 13.0. The molecule has 128 valence electrons. The number of halogens is 3. The smallest absolute Gasteiger partial charge is 0.364 e. The molecule has 0 aliphatic heterocycles. The van der Waals surface area contributed by atoms with Crippen LogP contribution in [0, 0.1) is 5.92 Å². The summed E-state index contributed by atoms with van der Waals surface area (Å²) in [6.45, 7) is 0. The molecule has 24 heavy (non-hydrogen) atoms. The third-order valence-corrected chi connectivity index (χ3v) is 4.57.